The van der Waals surface area contributed by atoms with Crippen LogP contribution < -0.4 is 0 Å². The number of rotatable bonds is 11. The van der Waals surface area contributed by atoms with E-state index in [1.807, 2.05) is 50.0 Å². The Labute approximate surface area is 288 Å². The van der Waals surface area contributed by atoms with E-state index in [0.717, 1.165) is 5.56 Å². The zero-order chi connectivity index (χ0) is 36.2. The molecule has 1 aromatic carbocycles. The summed E-state index contributed by atoms with van der Waals surface area (Å²) in [6, 6.07) is 12.2. The zero-order valence-electron chi connectivity index (χ0n) is 31.9. The number of hydroxylamine groups is 2. The van der Waals surface area contributed by atoms with E-state index in [2.05, 4.69) is 93.4 Å². The first-order valence-corrected chi connectivity index (χ1v) is 29.5. The molecule has 0 unspecified atom stereocenters. The quantitative estimate of drug-likeness (QED) is 0.184. The maximum atomic E-state index is 13.6. The second-order valence-electron chi connectivity index (χ2n) is 18.4. The molecule has 0 radical (unpaired) electrons. The first-order chi connectivity index (χ1) is 21.0. The van der Waals surface area contributed by atoms with Crippen molar-refractivity contribution in [3.05, 3.63) is 35.9 Å². The van der Waals surface area contributed by atoms with E-state index in [4.69, 9.17) is 22.5 Å². The van der Waals surface area contributed by atoms with E-state index in [9.17, 15) is 15.2 Å². The Balaban J connectivity index is 2.40. The average Bonchev–Trinajstić information content (AvgIpc) is 2.88. The monoisotopic (exact) mass is 722 g/mol. The lowest BCUT2D eigenvalue weighted by atomic mass is 9.62. The van der Waals surface area contributed by atoms with Crippen LogP contribution in [0.4, 0.5) is 0 Å². The lowest BCUT2D eigenvalue weighted by Gasteiger charge is -2.67. The third-order valence-electron chi connectivity index (χ3n) is 10.2. The van der Waals surface area contributed by atoms with E-state index in [0.29, 0.717) is 0 Å². The minimum Gasteiger partial charge on any atom is -0.409 e. The smallest absolute Gasteiger partial charge is 0.249 e. The molecule has 2 fully saturated rings. The number of hydrogen-bond donors (Lipinski definition) is 1. The normalized spacial score (nSPS) is 29.5. The van der Waals surface area contributed by atoms with Crippen LogP contribution >= 0.6 is 0 Å². The van der Waals surface area contributed by atoms with Gasteiger partial charge >= 0.3 is 0 Å². The molecule has 0 bridgehead atoms. The Morgan fingerprint density at radius 2 is 1.30 bits per heavy atom. The van der Waals surface area contributed by atoms with Crippen molar-refractivity contribution >= 4 is 39.2 Å². The molecule has 9 nitrogen and oxygen atoms in total. The summed E-state index contributed by atoms with van der Waals surface area (Å²) in [7, 11) is -10.3. The Kier molecular flexibility index (Phi) is 11.3. The van der Waals surface area contributed by atoms with Gasteiger partial charge in [0.1, 0.15) is 42.6 Å². The summed E-state index contributed by atoms with van der Waals surface area (Å²) in [5.41, 5.74) is -2.23. The molecule has 1 aliphatic carbocycles. The predicted octanol–water partition coefficient (Wildman–Crippen LogP) is 7.58. The molecule has 0 aromatic heterocycles. The average molecular weight is 723 g/mol. The van der Waals surface area contributed by atoms with Crippen LogP contribution in [0, 0.1) is 11.3 Å². The Bertz CT molecular complexity index is 1310. The maximum Gasteiger partial charge on any atom is 0.249 e. The van der Waals surface area contributed by atoms with Gasteiger partial charge in [0.15, 0.2) is 38.9 Å². The summed E-state index contributed by atoms with van der Waals surface area (Å²) in [6.07, 6.45) is -4.47. The van der Waals surface area contributed by atoms with Gasteiger partial charge in [-0.25, -0.2) is 5.06 Å². The molecular weight excluding hydrogens is 661 g/mol. The number of aliphatic hydroxyl groups is 1. The highest BCUT2D eigenvalue weighted by Crippen LogP contribution is 2.55. The lowest BCUT2D eigenvalue weighted by molar-refractivity contribution is -0.340. The molecule has 1 N–H and O–H groups in total. The van der Waals surface area contributed by atoms with Crippen molar-refractivity contribution in [3.8, 4) is 6.07 Å². The SMILES string of the molecule is CC(C)(C)[Si](C)(C)O[C@H]1[C@@H](O)[C@]2(CC(=O)N2OCc2ccccc2)[C@H](O[Si](C)(C)C)[C@H](O[Si](C)(C)C(C)(C)C)[C@@]1(C#N)O[Si](C)(C)C. The number of aliphatic hydroxyl groups excluding tert-OH is 1. The van der Waals surface area contributed by atoms with Crippen LogP contribution in [0.15, 0.2) is 30.3 Å². The van der Waals surface area contributed by atoms with Crippen LogP contribution in [0.2, 0.25) is 75.5 Å². The number of amides is 1. The van der Waals surface area contributed by atoms with Crippen molar-refractivity contribution in [1.29, 1.82) is 5.26 Å². The molecule has 1 aromatic rings. The van der Waals surface area contributed by atoms with E-state index in [-0.39, 0.29) is 29.0 Å². The molecule has 6 atom stereocenters. The van der Waals surface area contributed by atoms with Crippen molar-refractivity contribution in [3.63, 3.8) is 0 Å². The number of nitriles is 1. The summed E-state index contributed by atoms with van der Waals surface area (Å²) in [5.74, 6) is -0.267. The van der Waals surface area contributed by atoms with Gasteiger partial charge in [-0.05, 0) is 81.1 Å². The van der Waals surface area contributed by atoms with Crippen molar-refractivity contribution < 1.29 is 32.4 Å². The minimum atomic E-state index is -2.67. The first-order valence-electron chi connectivity index (χ1n) is 16.9. The van der Waals surface area contributed by atoms with Gasteiger partial charge in [-0.2, -0.15) is 5.26 Å². The molecule has 266 valence electrons. The Morgan fingerprint density at radius 3 is 1.70 bits per heavy atom. The van der Waals surface area contributed by atoms with Crippen molar-refractivity contribution in [2.75, 3.05) is 0 Å². The molecule has 3 rings (SSSR count). The van der Waals surface area contributed by atoms with Gasteiger partial charge in [-0.1, -0.05) is 71.9 Å². The molecular formula is C34H62N2O7Si4. The van der Waals surface area contributed by atoms with Crippen LogP contribution in [0.1, 0.15) is 53.5 Å². The highest BCUT2D eigenvalue weighted by atomic mass is 28.4. The fourth-order valence-electron chi connectivity index (χ4n) is 5.79. The third-order valence-corrected chi connectivity index (χ3v) is 21.1. The van der Waals surface area contributed by atoms with E-state index < -0.39 is 68.8 Å². The van der Waals surface area contributed by atoms with Gasteiger partial charge in [-0.15, -0.1) is 0 Å². The fraction of sp³-hybridized carbons (Fsp3) is 0.765. The van der Waals surface area contributed by atoms with Gasteiger partial charge in [0.2, 0.25) is 5.91 Å². The summed E-state index contributed by atoms with van der Waals surface area (Å²) < 4.78 is 28.6. The van der Waals surface area contributed by atoms with Crippen molar-refractivity contribution in [2.24, 2.45) is 0 Å². The van der Waals surface area contributed by atoms with Crippen LogP contribution in [0.3, 0.4) is 0 Å². The van der Waals surface area contributed by atoms with E-state index >= 15 is 0 Å². The van der Waals surface area contributed by atoms with Crippen LogP contribution in [0.5, 0.6) is 0 Å². The van der Waals surface area contributed by atoms with Crippen molar-refractivity contribution in [2.45, 2.75) is 166 Å². The molecule has 1 amide bonds. The van der Waals surface area contributed by atoms with Crippen molar-refractivity contribution in [1.82, 2.24) is 5.06 Å². The molecule has 47 heavy (non-hydrogen) atoms. The molecule has 13 heteroatoms. The summed E-state index contributed by atoms with van der Waals surface area (Å²) in [5, 5.41) is 25.2. The summed E-state index contributed by atoms with van der Waals surface area (Å²) in [6.45, 7) is 33.8. The van der Waals surface area contributed by atoms with Gasteiger partial charge in [0, 0.05) is 0 Å². The fourth-order valence-corrected chi connectivity index (χ4v) is 10.8. The molecule has 1 heterocycles. The molecule has 1 saturated heterocycles. The Morgan fingerprint density at radius 1 is 0.809 bits per heavy atom. The lowest BCUT2D eigenvalue weighted by Crippen LogP contribution is -2.88. The third kappa shape index (κ3) is 8.08. The number of β-lactam (4-membered cyclic amide) rings is 1. The standard InChI is InChI=1S/C34H62N2O7Si4/c1-31(2,3)46(13,14)41-28-27(38)33(22-26(37)36(33)39-23-25-20-18-17-19-21-25)29(40-44(7,8)9)30(42-47(15,16)32(4,5)6)34(28,24-35)43-45(10,11)12/h17-21,27-30,38H,22-23H2,1-16H3/t27-,28+,29-,30+,33-,34+/m1/s1. The minimum absolute atomic E-state index is 0.0404. The molecule has 2 aliphatic rings. The van der Waals surface area contributed by atoms with Crippen LogP contribution in [-0.2, 0) is 33.9 Å². The van der Waals surface area contributed by atoms with Gasteiger partial charge < -0.3 is 22.8 Å². The van der Waals surface area contributed by atoms with Gasteiger partial charge in [0.25, 0.3) is 0 Å². The van der Waals surface area contributed by atoms with Gasteiger partial charge in [-0.3, -0.25) is 9.63 Å². The largest absolute Gasteiger partial charge is 0.409 e. The maximum absolute atomic E-state index is 13.6. The number of nitrogens with zero attached hydrogens (tertiary/aromatic N) is 2. The molecule has 1 aliphatic heterocycles. The van der Waals surface area contributed by atoms with E-state index in [1.165, 1.54) is 5.06 Å². The molecule has 1 spiro atoms. The highest BCUT2D eigenvalue weighted by Gasteiger charge is 2.77. The predicted molar refractivity (Wildman–Crippen MR) is 197 cm³/mol. The van der Waals surface area contributed by atoms with Crippen LogP contribution in [0.25, 0.3) is 0 Å². The number of benzene rings is 1. The topological polar surface area (TPSA) is 110 Å². The summed E-state index contributed by atoms with van der Waals surface area (Å²) in [4.78, 5) is 20.0. The highest BCUT2D eigenvalue weighted by molar-refractivity contribution is 6.74. The number of carbonyl (C=O) groups is 1. The summed E-state index contributed by atoms with van der Waals surface area (Å²) >= 11 is 0. The Hall–Kier alpha value is -1.19. The molecule has 1 saturated carbocycles. The number of hydrogen-bond acceptors (Lipinski definition) is 8. The second-order valence-corrected chi connectivity index (χ2v) is 36.8. The first kappa shape index (κ1) is 40.2. The van der Waals surface area contributed by atoms with Crippen LogP contribution in [-0.4, -0.2) is 84.9 Å². The second kappa shape index (κ2) is 13.2. The zero-order valence-corrected chi connectivity index (χ0v) is 35.9. The van der Waals surface area contributed by atoms with Gasteiger partial charge in [0.05, 0.1) is 6.42 Å². The number of carbonyl (C=O) groups excluding carboxylic acids is 1. The van der Waals surface area contributed by atoms with E-state index in [1.54, 1.807) is 0 Å².